The second-order valence-corrected chi connectivity index (χ2v) is 5.77. The maximum absolute atomic E-state index is 5.79. The van der Waals surface area contributed by atoms with Crippen LogP contribution in [0.4, 0.5) is 0 Å². The van der Waals surface area contributed by atoms with Gasteiger partial charge in [-0.05, 0) is 46.1 Å². The van der Waals surface area contributed by atoms with E-state index in [1.54, 1.807) is 18.4 Å². The molecule has 0 spiro atoms. The number of hydrogen-bond acceptors (Lipinski definition) is 3. The van der Waals surface area contributed by atoms with Crippen molar-refractivity contribution in [2.45, 2.75) is 20.0 Å². The topological polar surface area (TPSA) is 18.5 Å². The summed E-state index contributed by atoms with van der Waals surface area (Å²) in [5.74, 6) is 1.59. The number of ether oxygens (including phenoxy) is 2. The molecule has 0 amide bonds. The minimum atomic E-state index is 0.568. The van der Waals surface area contributed by atoms with Crippen LogP contribution < -0.4 is 9.47 Å². The summed E-state index contributed by atoms with van der Waals surface area (Å²) < 4.78 is 12.2. The number of benzene rings is 1. The van der Waals surface area contributed by atoms with E-state index < -0.39 is 0 Å². The normalized spacial score (nSPS) is 10.4. The molecule has 2 rings (SSSR count). The maximum Gasteiger partial charge on any atom is 0.161 e. The average molecular weight is 327 g/mol. The fourth-order valence-electron chi connectivity index (χ4n) is 1.63. The van der Waals surface area contributed by atoms with Gasteiger partial charge in [0.25, 0.3) is 0 Å². The third-order valence-corrected chi connectivity index (χ3v) is 4.30. The van der Waals surface area contributed by atoms with E-state index in [4.69, 9.17) is 9.47 Å². The van der Waals surface area contributed by atoms with Crippen molar-refractivity contribution >= 4 is 27.3 Å². The Labute approximate surface area is 120 Å². The highest BCUT2D eigenvalue weighted by atomic mass is 79.9. The lowest BCUT2D eigenvalue weighted by Crippen LogP contribution is -1.96. The second kappa shape index (κ2) is 6.25. The number of thiophene rings is 1. The van der Waals surface area contributed by atoms with Crippen LogP contribution in [0.25, 0.3) is 0 Å². The minimum absolute atomic E-state index is 0.568. The highest BCUT2D eigenvalue weighted by Crippen LogP contribution is 2.30. The molecule has 4 heteroatoms. The zero-order valence-electron chi connectivity index (χ0n) is 10.4. The van der Waals surface area contributed by atoms with Crippen LogP contribution in [0.3, 0.4) is 0 Å². The van der Waals surface area contributed by atoms with E-state index in [1.807, 2.05) is 12.1 Å². The van der Waals surface area contributed by atoms with Gasteiger partial charge in [-0.3, -0.25) is 0 Å². The molecule has 1 aromatic carbocycles. The quantitative estimate of drug-likeness (QED) is 0.795. The fraction of sp³-hybridized carbons (Fsp3) is 0.286. The first-order valence-electron chi connectivity index (χ1n) is 5.75. The second-order valence-electron chi connectivity index (χ2n) is 3.86. The molecule has 96 valence electrons. The average Bonchev–Trinajstić information content (AvgIpc) is 2.82. The molecule has 0 radical (unpaired) electrons. The van der Waals surface area contributed by atoms with E-state index in [2.05, 4.69) is 40.4 Å². The van der Waals surface area contributed by atoms with Crippen molar-refractivity contribution in [2.24, 2.45) is 0 Å². The first kappa shape index (κ1) is 13.4. The summed E-state index contributed by atoms with van der Waals surface area (Å²) in [5.41, 5.74) is 1.25. The van der Waals surface area contributed by atoms with Gasteiger partial charge >= 0.3 is 0 Å². The Balaban J connectivity index is 2.08. The third kappa shape index (κ3) is 3.27. The molecule has 2 aromatic rings. The number of halogens is 1. The van der Waals surface area contributed by atoms with Crippen molar-refractivity contribution < 1.29 is 9.47 Å². The minimum Gasteiger partial charge on any atom is -0.493 e. The van der Waals surface area contributed by atoms with E-state index in [0.717, 1.165) is 22.4 Å². The number of rotatable bonds is 5. The molecule has 0 fully saturated rings. The van der Waals surface area contributed by atoms with Gasteiger partial charge < -0.3 is 9.47 Å². The molecule has 0 saturated carbocycles. The molecule has 18 heavy (non-hydrogen) atoms. The number of hydrogen-bond donors (Lipinski definition) is 0. The molecule has 0 atom stereocenters. The van der Waals surface area contributed by atoms with Crippen LogP contribution in [0.15, 0.2) is 34.1 Å². The van der Waals surface area contributed by atoms with E-state index in [0.29, 0.717) is 6.61 Å². The van der Waals surface area contributed by atoms with Crippen molar-refractivity contribution in [3.05, 3.63) is 44.6 Å². The summed E-state index contributed by atoms with van der Waals surface area (Å²) in [6.07, 6.45) is 0.995. The van der Waals surface area contributed by atoms with Crippen molar-refractivity contribution in [3.63, 3.8) is 0 Å². The first-order chi connectivity index (χ1) is 8.72. The summed E-state index contributed by atoms with van der Waals surface area (Å²) in [5, 5.41) is 2.05. The van der Waals surface area contributed by atoms with E-state index in [1.165, 1.54) is 10.4 Å². The van der Waals surface area contributed by atoms with Gasteiger partial charge in [0, 0.05) is 14.7 Å². The smallest absolute Gasteiger partial charge is 0.161 e. The monoisotopic (exact) mass is 326 g/mol. The first-order valence-corrected chi connectivity index (χ1v) is 7.42. The molecule has 0 bridgehead atoms. The Morgan fingerprint density at radius 3 is 2.67 bits per heavy atom. The third-order valence-electron chi connectivity index (χ3n) is 2.63. The Morgan fingerprint density at radius 1 is 1.22 bits per heavy atom. The summed E-state index contributed by atoms with van der Waals surface area (Å²) in [4.78, 5) is 1.18. The Kier molecular flexibility index (Phi) is 4.66. The summed E-state index contributed by atoms with van der Waals surface area (Å²) in [6.45, 7) is 2.69. The van der Waals surface area contributed by atoms with Crippen LogP contribution in [-0.2, 0) is 13.0 Å². The molecule has 1 heterocycles. The Morgan fingerprint density at radius 2 is 2.06 bits per heavy atom. The van der Waals surface area contributed by atoms with Gasteiger partial charge in [-0.15, -0.1) is 11.3 Å². The van der Waals surface area contributed by atoms with Crippen LogP contribution >= 0.6 is 27.3 Å². The van der Waals surface area contributed by atoms with Crippen LogP contribution in [0.1, 0.15) is 17.4 Å². The molecule has 1 aromatic heterocycles. The van der Waals surface area contributed by atoms with E-state index in [9.17, 15) is 0 Å². The summed E-state index contributed by atoms with van der Waals surface area (Å²) in [7, 11) is 1.67. The van der Waals surface area contributed by atoms with Crippen LogP contribution in [0.2, 0.25) is 0 Å². The molecule has 0 N–H and O–H groups in total. The standard InChI is InChI=1S/C14H15BrO2S/c1-3-10-4-5-13(14(6-10)16-2)17-8-12-7-11(15)9-18-12/h4-7,9H,3,8H2,1-2H3. The SMILES string of the molecule is CCc1ccc(OCc2cc(Br)cs2)c(OC)c1. The molecule has 0 aliphatic carbocycles. The van der Waals surface area contributed by atoms with Gasteiger partial charge in [-0.1, -0.05) is 13.0 Å². The zero-order valence-corrected chi connectivity index (χ0v) is 12.8. The predicted octanol–water partition coefficient (Wildman–Crippen LogP) is 4.66. The van der Waals surface area contributed by atoms with Gasteiger partial charge in [0.05, 0.1) is 7.11 Å². The maximum atomic E-state index is 5.79. The van der Waals surface area contributed by atoms with Crippen LogP contribution in [0.5, 0.6) is 11.5 Å². The van der Waals surface area contributed by atoms with Crippen molar-refractivity contribution in [2.75, 3.05) is 7.11 Å². The van der Waals surface area contributed by atoms with Crippen LogP contribution in [0, 0.1) is 0 Å². The van der Waals surface area contributed by atoms with Gasteiger partial charge in [0.15, 0.2) is 11.5 Å². The molecule has 0 unspecified atom stereocenters. The van der Waals surface area contributed by atoms with Gasteiger partial charge in [-0.2, -0.15) is 0 Å². The molecular formula is C14H15BrO2S. The zero-order chi connectivity index (χ0) is 13.0. The summed E-state index contributed by atoms with van der Waals surface area (Å²) in [6, 6.07) is 8.14. The van der Waals surface area contributed by atoms with Crippen molar-refractivity contribution in [1.82, 2.24) is 0 Å². The van der Waals surface area contributed by atoms with E-state index in [-0.39, 0.29) is 0 Å². The fourth-order valence-corrected chi connectivity index (χ4v) is 2.99. The number of aryl methyl sites for hydroxylation is 1. The van der Waals surface area contributed by atoms with Gasteiger partial charge in [-0.25, -0.2) is 0 Å². The highest BCUT2D eigenvalue weighted by Gasteiger charge is 2.06. The van der Waals surface area contributed by atoms with E-state index >= 15 is 0 Å². The molecule has 0 aliphatic heterocycles. The number of methoxy groups -OCH3 is 1. The molecular weight excluding hydrogens is 312 g/mol. The Bertz CT molecular complexity index is 522. The Hall–Kier alpha value is -1.000. The lowest BCUT2D eigenvalue weighted by molar-refractivity contribution is 0.287. The lowest BCUT2D eigenvalue weighted by atomic mass is 10.1. The van der Waals surface area contributed by atoms with Crippen LogP contribution in [-0.4, -0.2) is 7.11 Å². The van der Waals surface area contributed by atoms with Gasteiger partial charge in [0.1, 0.15) is 6.61 Å². The van der Waals surface area contributed by atoms with Crippen molar-refractivity contribution in [3.8, 4) is 11.5 Å². The predicted molar refractivity (Wildman–Crippen MR) is 78.7 cm³/mol. The highest BCUT2D eigenvalue weighted by molar-refractivity contribution is 9.10. The molecule has 0 aliphatic rings. The molecule has 0 saturated heterocycles. The van der Waals surface area contributed by atoms with Crippen molar-refractivity contribution in [1.29, 1.82) is 0 Å². The largest absolute Gasteiger partial charge is 0.493 e. The van der Waals surface area contributed by atoms with Gasteiger partial charge in [0.2, 0.25) is 0 Å². The molecule has 2 nitrogen and oxygen atoms in total. The summed E-state index contributed by atoms with van der Waals surface area (Å²) >= 11 is 5.11. The lowest BCUT2D eigenvalue weighted by Gasteiger charge is -2.11.